The summed E-state index contributed by atoms with van der Waals surface area (Å²) in [5.41, 5.74) is 0. The van der Waals surface area contributed by atoms with Gasteiger partial charge in [0.05, 0.1) is 0 Å². The standard InChI is InChI=1S/C23H44/c1-4-7-9-11-12-13-14-15-17-19-22-23(20-6-3)21-18-16-10-8-5-2/h23H,4-13,16-22H2,1-3H3. The highest BCUT2D eigenvalue weighted by Crippen LogP contribution is 2.22. The van der Waals surface area contributed by atoms with Gasteiger partial charge in [-0.3, -0.25) is 0 Å². The lowest BCUT2D eigenvalue weighted by Crippen LogP contribution is -2.00. The van der Waals surface area contributed by atoms with Crippen molar-refractivity contribution in [1.82, 2.24) is 0 Å². The van der Waals surface area contributed by atoms with E-state index in [9.17, 15) is 0 Å². The molecular weight excluding hydrogens is 276 g/mol. The van der Waals surface area contributed by atoms with E-state index in [-0.39, 0.29) is 0 Å². The maximum Gasteiger partial charge on any atom is 0.00887 e. The van der Waals surface area contributed by atoms with Crippen molar-refractivity contribution in [2.24, 2.45) is 5.92 Å². The van der Waals surface area contributed by atoms with Crippen molar-refractivity contribution in [2.75, 3.05) is 0 Å². The summed E-state index contributed by atoms with van der Waals surface area (Å²) in [6.45, 7) is 6.91. The van der Waals surface area contributed by atoms with Gasteiger partial charge in [-0.2, -0.15) is 0 Å². The molecule has 0 N–H and O–H groups in total. The largest absolute Gasteiger partial charge is 0.103 e. The predicted octanol–water partition coefficient (Wildman–Crippen LogP) is 8.30. The molecule has 0 nitrogen and oxygen atoms in total. The topological polar surface area (TPSA) is 0 Å². The van der Waals surface area contributed by atoms with Gasteiger partial charge in [0.1, 0.15) is 0 Å². The summed E-state index contributed by atoms with van der Waals surface area (Å²) >= 11 is 0. The number of rotatable bonds is 16. The molecular formula is C23H44. The predicted molar refractivity (Wildman–Crippen MR) is 107 cm³/mol. The van der Waals surface area contributed by atoms with E-state index in [1.54, 1.807) is 0 Å². The first-order chi connectivity index (χ1) is 11.3. The summed E-state index contributed by atoms with van der Waals surface area (Å²) in [5, 5.41) is 0. The van der Waals surface area contributed by atoms with E-state index in [1.165, 1.54) is 96.3 Å². The molecule has 1 atom stereocenters. The van der Waals surface area contributed by atoms with E-state index in [0.717, 1.165) is 18.8 Å². The summed E-state index contributed by atoms with van der Waals surface area (Å²) in [7, 11) is 0. The van der Waals surface area contributed by atoms with Crippen LogP contribution < -0.4 is 0 Å². The van der Waals surface area contributed by atoms with Crippen LogP contribution in [0.2, 0.25) is 0 Å². The van der Waals surface area contributed by atoms with Gasteiger partial charge >= 0.3 is 0 Å². The molecule has 136 valence electrons. The quantitative estimate of drug-likeness (QED) is 0.198. The van der Waals surface area contributed by atoms with Gasteiger partial charge in [0.2, 0.25) is 0 Å². The van der Waals surface area contributed by atoms with Gasteiger partial charge in [0, 0.05) is 12.8 Å². The van der Waals surface area contributed by atoms with Crippen LogP contribution in [0.1, 0.15) is 130 Å². The minimum atomic E-state index is 0.970. The van der Waals surface area contributed by atoms with Crippen LogP contribution in [0.15, 0.2) is 0 Å². The number of hydrogen-bond donors (Lipinski definition) is 0. The van der Waals surface area contributed by atoms with Crippen LogP contribution in [0.3, 0.4) is 0 Å². The highest BCUT2D eigenvalue weighted by Gasteiger charge is 2.06. The fourth-order valence-corrected chi connectivity index (χ4v) is 3.35. The van der Waals surface area contributed by atoms with Crippen molar-refractivity contribution in [3.63, 3.8) is 0 Å². The van der Waals surface area contributed by atoms with Gasteiger partial charge in [-0.25, -0.2) is 0 Å². The Morgan fingerprint density at radius 3 is 1.61 bits per heavy atom. The first-order valence-electron chi connectivity index (χ1n) is 10.8. The molecule has 0 rings (SSSR count). The van der Waals surface area contributed by atoms with Crippen LogP contribution >= 0.6 is 0 Å². The molecule has 23 heavy (non-hydrogen) atoms. The molecule has 0 fully saturated rings. The average molecular weight is 321 g/mol. The molecule has 0 amide bonds. The first kappa shape index (κ1) is 22.6. The van der Waals surface area contributed by atoms with Crippen molar-refractivity contribution < 1.29 is 0 Å². The Morgan fingerprint density at radius 2 is 1.00 bits per heavy atom. The Morgan fingerprint density at radius 1 is 0.478 bits per heavy atom. The summed E-state index contributed by atoms with van der Waals surface area (Å²) in [5.74, 6) is 7.76. The van der Waals surface area contributed by atoms with Gasteiger partial charge < -0.3 is 0 Å². The molecule has 0 aliphatic rings. The molecule has 0 heteroatoms. The van der Waals surface area contributed by atoms with Crippen molar-refractivity contribution >= 4 is 0 Å². The van der Waals surface area contributed by atoms with E-state index in [4.69, 9.17) is 0 Å². The fourth-order valence-electron chi connectivity index (χ4n) is 3.35. The second-order valence-electron chi connectivity index (χ2n) is 7.27. The zero-order valence-electron chi connectivity index (χ0n) is 16.6. The van der Waals surface area contributed by atoms with Gasteiger partial charge in [0.15, 0.2) is 0 Å². The maximum absolute atomic E-state index is 3.41. The lowest BCUT2D eigenvalue weighted by atomic mass is 9.91. The fraction of sp³-hybridized carbons (Fsp3) is 0.913. The molecule has 0 heterocycles. The van der Waals surface area contributed by atoms with Crippen molar-refractivity contribution in [3.8, 4) is 11.8 Å². The monoisotopic (exact) mass is 320 g/mol. The molecule has 0 aliphatic carbocycles. The SMILES string of the molecule is CCCCCCCC#CCCCC(CCC)CCCCCCC. The minimum absolute atomic E-state index is 0.970. The van der Waals surface area contributed by atoms with Crippen molar-refractivity contribution in [3.05, 3.63) is 0 Å². The molecule has 0 spiro atoms. The second kappa shape index (κ2) is 19.6. The Bertz CT molecular complexity index is 267. The molecule has 0 aromatic heterocycles. The van der Waals surface area contributed by atoms with Gasteiger partial charge in [-0.05, 0) is 25.2 Å². The normalized spacial score (nSPS) is 12.0. The summed E-state index contributed by atoms with van der Waals surface area (Å²) < 4.78 is 0. The van der Waals surface area contributed by atoms with E-state index in [1.807, 2.05) is 0 Å². The molecule has 0 saturated carbocycles. The summed E-state index contributed by atoms with van der Waals surface area (Å²) in [4.78, 5) is 0. The zero-order valence-corrected chi connectivity index (χ0v) is 16.6. The molecule has 1 unspecified atom stereocenters. The Hall–Kier alpha value is -0.440. The molecule has 0 aliphatic heterocycles. The third-order valence-electron chi connectivity index (χ3n) is 4.86. The van der Waals surface area contributed by atoms with Gasteiger partial charge in [-0.1, -0.05) is 97.8 Å². The zero-order chi connectivity index (χ0) is 17.0. The number of unbranched alkanes of at least 4 members (excludes halogenated alkanes) is 10. The van der Waals surface area contributed by atoms with E-state index < -0.39 is 0 Å². The Balaban J connectivity index is 3.55. The summed E-state index contributed by atoms with van der Waals surface area (Å²) in [6.07, 6.45) is 23.2. The summed E-state index contributed by atoms with van der Waals surface area (Å²) in [6, 6.07) is 0. The van der Waals surface area contributed by atoms with Gasteiger partial charge in [-0.15, -0.1) is 11.8 Å². The third-order valence-corrected chi connectivity index (χ3v) is 4.86. The van der Waals surface area contributed by atoms with Crippen LogP contribution in [0, 0.1) is 17.8 Å². The second-order valence-corrected chi connectivity index (χ2v) is 7.27. The van der Waals surface area contributed by atoms with Crippen LogP contribution in [0.5, 0.6) is 0 Å². The minimum Gasteiger partial charge on any atom is -0.103 e. The van der Waals surface area contributed by atoms with Crippen molar-refractivity contribution in [2.45, 2.75) is 130 Å². The molecule has 0 saturated heterocycles. The molecule has 0 aromatic carbocycles. The molecule has 0 aromatic rings. The van der Waals surface area contributed by atoms with Gasteiger partial charge in [0.25, 0.3) is 0 Å². The molecule has 0 bridgehead atoms. The lowest BCUT2D eigenvalue weighted by molar-refractivity contribution is 0.387. The van der Waals surface area contributed by atoms with E-state index in [2.05, 4.69) is 32.6 Å². The van der Waals surface area contributed by atoms with Crippen LogP contribution in [0.25, 0.3) is 0 Å². The average Bonchev–Trinajstić information content (AvgIpc) is 2.56. The third kappa shape index (κ3) is 17.7. The highest BCUT2D eigenvalue weighted by atomic mass is 14.1. The van der Waals surface area contributed by atoms with E-state index in [0.29, 0.717) is 0 Å². The maximum atomic E-state index is 3.41. The number of hydrogen-bond acceptors (Lipinski definition) is 0. The van der Waals surface area contributed by atoms with Crippen LogP contribution in [0.4, 0.5) is 0 Å². The van der Waals surface area contributed by atoms with Crippen LogP contribution in [-0.4, -0.2) is 0 Å². The lowest BCUT2D eigenvalue weighted by Gasteiger charge is -2.15. The first-order valence-corrected chi connectivity index (χ1v) is 10.8. The van der Waals surface area contributed by atoms with Crippen LogP contribution in [-0.2, 0) is 0 Å². The van der Waals surface area contributed by atoms with E-state index >= 15 is 0 Å². The Kier molecular flexibility index (Phi) is 19.2. The highest BCUT2D eigenvalue weighted by molar-refractivity contribution is 4.98. The van der Waals surface area contributed by atoms with Crippen molar-refractivity contribution in [1.29, 1.82) is 0 Å². The Labute approximate surface area is 148 Å². The molecule has 0 radical (unpaired) electrons. The smallest absolute Gasteiger partial charge is 0.00887 e.